The van der Waals surface area contributed by atoms with Gasteiger partial charge in [0, 0.05) is 40.1 Å². The average Bonchev–Trinajstić information content (AvgIpc) is 3.09. The van der Waals surface area contributed by atoms with E-state index in [1.807, 2.05) is 64.2 Å². The van der Waals surface area contributed by atoms with Crippen LogP contribution in [0.25, 0.3) is 21.0 Å². The number of benzene rings is 2. The molecule has 0 saturated heterocycles. The summed E-state index contributed by atoms with van der Waals surface area (Å²) in [6.07, 6.45) is 1.73. The van der Waals surface area contributed by atoms with Gasteiger partial charge in [-0.1, -0.05) is 22.0 Å². The van der Waals surface area contributed by atoms with Crippen molar-refractivity contribution in [1.29, 1.82) is 0 Å². The van der Waals surface area contributed by atoms with Crippen molar-refractivity contribution in [3.8, 4) is 21.0 Å². The predicted molar refractivity (Wildman–Crippen MR) is 120 cm³/mol. The number of halogens is 1. The zero-order valence-electron chi connectivity index (χ0n) is 16.1. The van der Waals surface area contributed by atoms with Gasteiger partial charge in [-0.3, -0.25) is 0 Å². The van der Waals surface area contributed by atoms with E-state index >= 15 is 0 Å². The fourth-order valence-corrected chi connectivity index (χ4v) is 5.90. The van der Waals surface area contributed by atoms with Crippen molar-refractivity contribution in [2.45, 2.75) is 31.2 Å². The molecule has 0 aliphatic carbocycles. The van der Waals surface area contributed by atoms with Crippen LogP contribution >= 0.6 is 27.3 Å². The molecule has 0 aliphatic heterocycles. The van der Waals surface area contributed by atoms with E-state index in [4.69, 9.17) is 0 Å². The number of anilines is 1. The number of rotatable bonds is 5. The molecule has 1 aromatic heterocycles. The van der Waals surface area contributed by atoms with Crippen LogP contribution < -0.4 is 10.0 Å². The molecule has 0 bridgehead atoms. The third kappa shape index (κ3) is 4.81. The van der Waals surface area contributed by atoms with Crippen LogP contribution in [0.4, 0.5) is 5.69 Å². The van der Waals surface area contributed by atoms with Gasteiger partial charge in [-0.25, -0.2) is 18.1 Å². The Bertz CT molecular complexity index is 1090. The van der Waals surface area contributed by atoms with Gasteiger partial charge in [0.1, 0.15) is 5.01 Å². The molecule has 1 heterocycles. The zero-order valence-corrected chi connectivity index (χ0v) is 19.3. The third-order valence-corrected chi connectivity index (χ3v) is 7.24. The first-order valence-corrected chi connectivity index (χ1v) is 11.8. The molecule has 3 aromatic rings. The highest BCUT2D eigenvalue weighted by molar-refractivity contribution is 9.10. The average molecular weight is 480 g/mol. The second-order valence-corrected chi connectivity index (χ2v) is 11.0. The van der Waals surface area contributed by atoms with Crippen molar-refractivity contribution < 1.29 is 8.42 Å². The SMILES string of the molecule is CNc1ccc(-c2ncc(-c3ccc(Br)cc3S(=O)(=O)NC(C)(C)C)s2)cc1. The Balaban J connectivity index is 2.04. The number of aromatic nitrogens is 1. The summed E-state index contributed by atoms with van der Waals surface area (Å²) in [5, 5.41) is 3.93. The largest absolute Gasteiger partial charge is 0.388 e. The molecule has 3 rings (SSSR count). The number of sulfonamides is 1. The molecule has 8 heteroatoms. The highest BCUT2D eigenvalue weighted by Gasteiger charge is 2.26. The lowest BCUT2D eigenvalue weighted by molar-refractivity contribution is 0.491. The topological polar surface area (TPSA) is 71.1 Å². The van der Waals surface area contributed by atoms with Gasteiger partial charge in [0.05, 0.1) is 9.77 Å². The van der Waals surface area contributed by atoms with Gasteiger partial charge in [-0.2, -0.15) is 0 Å². The lowest BCUT2D eigenvalue weighted by Gasteiger charge is -2.21. The van der Waals surface area contributed by atoms with E-state index in [1.54, 1.807) is 12.3 Å². The molecule has 0 spiro atoms. The Kier molecular flexibility index (Phi) is 5.95. The standard InChI is InChI=1S/C20H22BrN3O2S2/c1-20(2,3)24-28(25,26)18-11-14(21)7-10-16(18)17-12-23-19(27-17)13-5-8-15(22-4)9-6-13/h5-12,22,24H,1-4H3. The van der Waals surface area contributed by atoms with Crippen molar-refractivity contribution in [3.63, 3.8) is 0 Å². The lowest BCUT2D eigenvalue weighted by Crippen LogP contribution is -2.40. The fraction of sp³-hybridized carbons (Fsp3) is 0.250. The molecular weight excluding hydrogens is 458 g/mol. The summed E-state index contributed by atoms with van der Waals surface area (Å²) in [6, 6.07) is 13.2. The summed E-state index contributed by atoms with van der Waals surface area (Å²) >= 11 is 4.85. The van der Waals surface area contributed by atoms with Crippen LogP contribution in [0, 0.1) is 0 Å². The summed E-state index contributed by atoms with van der Waals surface area (Å²) in [5.41, 5.74) is 2.07. The minimum Gasteiger partial charge on any atom is -0.388 e. The monoisotopic (exact) mass is 479 g/mol. The molecule has 0 aliphatic rings. The maximum absolute atomic E-state index is 13.0. The van der Waals surface area contributed by atoms with Crippen molar-refractivity contribution in [1.82, 2.24) is 9.71 Å². The van der Waals surface area contributed by atoms with Crippen molar-refractivity contribution in [3.05, 3.63) is 53.1 Å². The smallest absolute Gasteiger partial charge is 0.241 e. The number of nitrogens with one attached hydrogen (secondary N) is 2. The van der Waals surface area contributed by atoms with Crippen LogP contribution in [0.2, 0.25) is 0 Å². The molecule has 2 N–H and O–H groups in total. The molecule has 28 heavy (non-hydrogen) atoms. The molecule has 5 nitrogen and oxygen atoms in total. The van der Waals surface area contributed by atoms with Gasteiger partial charge in [0.25, 0.3) is 0 Å². The zero-order chi connectivity index (χ0) is 20.5. The van der Waals surface area contributed by atoms with Crippen molar-refractivity contribution in [2.75, 3.05) is 12.4 Å². The van der Waals surface area contributed by atoms with Crippen LogP contribution in [0.1, 0.15) is 20.8 Å². The Hall–Kier alpha value is -1.74. The van der Waals surface area contributed by atoms with Gasteiger partial charge in [0.15, 0.2) is 0 Å². The molecular formula is C20H22BrN3O2S2. The molecule has 148 valence electrons. The van der Waals surface area contributed by atoms with Gasteiger partial charge in [-0.05, 0) is 57.2 Å². The first kappa shape index (κ1) is 21.0. The van der Waals surface area contributed by atoms with Crippen molar-refractivity contribution >= 4 is 43.0 Å². The van der Waals surface area contributed by atoms with E-state index in [9.17, 15) is 8.42 Å². The second kappa shape index (κ2) is 7.94. The van der Waals surface area contributed by atoms with E-state index in [1.165, 1.54) is 11.3 Å². The summed E-state index contributed by atoms with van der Waals surface area (Å²) < 4.78 is 29.4. The van der Waals surface area contributed by atoms with E-state index in [2.05, 4.69) is 31.0 Å². The second-order valence-electron chi connectivity index (χ2n) is 7.35. The Morgan fingerprint density at radius 1 is 1.07 bits per heavy atom. The number of hydrogen-bond acceptors (Lipinski definition) is 5. The van der Waals surface area contributed by atoms with E-state index in [-0.39, 0.29) is 4.90 Å². The molecule has 0 saturated carbocycles. The fourth-order valence-electron chi connectivity index (χ4n) is 2.69. The third-order valence-electron chi connectivity index (χ3n) is 3.87. The molecule has 0 amide bonds. The summed E-state index contributed by atoms with van der Waals surface area (Å²) in [4.78, 5) is 5.54. The predicted octanol–water partition coefficient (Wildman–Crippen LogP) is 5.36. The number of thiazole rings is 1. The van der Waals surface area contributed by atoms with Crippen LogP contribution in [-0.4, -0.2) is 26.0 Å². The molecule has 0 fully saturated rings. The first-order chi connectivity index (χ1) is 13.1. The Labute approximate surface area is 178 Å². The Morgan fingerprint density at radius 2 is 1.75 bits per heavy atom. The van der Waals surface area contributed by atoms with Gasteiger partial charge in [-0.15, -0.1) is 11.3 Å². The maximum Gasteiger partial charge on any atom is 0.241 e. The van der Waals surface area contributed by atoms with Crippen LogP contribution in [0.15, 0.2) is 58.0 Å². The van der Waals surface area contributed by atoms with Crippen LogP contribution in [0.5, 0.6) is 0 Å². The highest BCUT2D eigenvalue weighted by atomic mass is 79.9. The summed E-state index contributed by atoms with van der Waals surface area (Å²) in [7, 11) is -1.82. The maximum atomic E-state index is 13.0. The van der Waals surface area contributed by atoms with Crippen LogP contribution in [-0.2, 0) is 10.0 Å². The number of nitrogens with zero attached hydrogens (tertiary/aromatic N) is 1. The van der Waals surface area contributed by atoms with E-state index < -0.39 is 15.6 Å². The van der Waals surface area contributed by atoms with E-state index in [0.717, 1.165) is 21.1 Å². The van der Waals surface area contributed by atoms with Crippen molar-refractivity contribution in [2.24, 2.45) is 0 Å². The van der Waals surface area contributed by atoms with Gasteiger partial charge >= 0.3 is 0 Å². The summed E-state index contributed by atoms with van der Waals surface area (Å²) in [5.74, 6) is 0. The van der Waals surface area contributed by atoms with Gasteiger partial charge < -0.3 is 5.32 Å². The summed E-state index contributed by atoms with van der Waals surface area (Å²) in [6.45, 7) is 5.46. The molecule has 2 aromatic carbocycles. The Morgan fingerprint density at radius 3 is 2.36 bits per heavy atom. The minimum absolute atomic E-state index is 0.234. The first-order valence-electron chi connectivity index (χ1n) is 8.67. The van der Waals surface area contributed by atoms with E-state index in [0.29, 0.717) is 10.0 Å². The minimum atomic E-state index is -3.69. The highest BCUT2D eigenvalue weighted by Crippen LogP contribution is 2.37. The molecule has 0 atom stereocenters. The lowest BCUT2D eigenvalue weighted by atomic mass is 10.1. The van der Waals surface area contributed by atoms with Gasteiger partial charge in [0.2, 0.25) is 10.0 Å². The molecule has 0 radical (unpaired) electrons. The van der Waals surface area contributed by atoms with Crippen LogP contribution in [0.3, 0.4) is 0 Å². The number of hydrogen-bond donors (Lipinski definition) is 2. The quantitative estimate of drug-likeness (QED) is 0.516. The molecule has 0 unspecified atom stereocenters. The normalized spacial score (nSPS) is 12.2.